The molecule has 3 aromatic carbocycles. The monoisotopic (exact) mass is 412 g/mol. The highest BCUT2D eigenvalue weighted by molar-refractivity contribution is 7.99. The van der Waals surface area contributed by atoms with E-state index in [0.29, 0.717) is 5.75 Å². The van der Waals surface area contributed by atoms with Gasteiger partial charge in [0.1, 0.15) is 0 Å². The molecule has 30 heavy (non-hydrogen) atoms. The molecule has 1 aliphatic heterocycles. The molecule has 4 aromatic rings. The van der Waals surface area contributed by atoms with E-state index in [1.807, 2.05) is 61.5 Å². The van der Waals surface area contributed by atoms with Crippen molar-refractivity contribution < 1.29 is 4.79 Å². The molecule has 0 saturated carbocycles. The predicted octanol–water partition coefficient (Wildman–Crippen LogP) is 5.92. The van der Waals surface area contributed by atoms with Crippen LogP contribution in [0.4, 0.5) is 5.69 Å². The van der Waals surface area contributed by atoms with Crippen molar-refractivity contribution in [2.45, 2.75) is 24.0 Å². The zero-order valence-corrected chi connectivity index (χ0v) is 17.3. The average molecular weight is 413 g/mol. The Morgan fingerprint density at radius 2 is 1.67 bits per heavy atom. The van der Waals surface area contributed by atoms with Crippen LogP contribution < -0.4 is 0 Å². The molecule has 1 unspecified atom stereocenters. The summed E-state index contributed by atoms with van der Waals surface area (Å²) in [6, 6.07) is 26.1. The molecule has 1 aliphatic rings. The first-order valence-corrected chi connectivity index (χ1v) is 10.8. The van der Waals surface area contributed by atoms with Crippen molar-refractivity contribution >= 4 is 34.4 Å². The van der Waals surface area contributed by atoms with Crippen LogP contribution in [0.2, 0.25) is 0 Å². The van der Waals surface area contributed by atoms with Gasteiger partial charge in [0, 0.05) is 5.75 Å². The Labute approximate surface area is 178 Å². The van der Waals surface area contributed by atoms with Gasteiger partial charge in [-0.05, 0) is 48.7 Å². The quantitative estimate of drug-likeness (QED) is 0.391. The van der Waals surface area contributed by atoms with Gasteiger partial charge in [0.25, 0.3) is 5.91 Å². The van der Waals surface area contributed by atoms with E-state index in [9.17, 15) is 4.79 Å². The Hall–Kier alpha value is -3.25. The highest BCUT2D eigenvalue weighted by Gasteiger charge is 2.41. The molecule has 0 amide bonds. The Kier molecular flexibility index (Phi) is 4.71. The molecule has 2 heterocycles. The van der Waals surface area contributed by atoms with Gasteiger partial charge in [-0.2, -0.15) is 10.2 Å². The Balaban J connectivity index is 1.37. The van der Waals surface area contributed by atoms with Crippen LogP contribution in [0.15, 0.2) is 94.2 Å². The van der Waals surface area contributed by atoms with Gasteiger partial charge < -0.3 is 0 Å². The van der Waals surface area contributed by atoms with E-state index < -0.39 is 5.54 Å². The highest BCUT2D eigenvalue weighted by atomic mass is 32.2. The number of imidazole rings is 1. The topological polar surface area (TPSA) is 59.6 Å². The lowest BCUT2D eigenvalue weighted by atomic mass is 10.0. The van der Waals surface area contributed by atoms with Gasteiger partial charge in [-0.1, -0.05) is 66.4 Å². The van der Waals surface area contributed by atoms with Crippen LogP contribution in [0.25, 0.3) is 11.0 Å². The highest BCUT2D eigenvalue weighted by Crippen LogP contribution is 2.36. The Bertz CT molecular complexity index is 1250. The maximum absolute atomic E-state index is 13.2. The number of nitrogens with zero attached hydrogens (tertiary/aromatic N) is 4. The number of carbonyl (C=O) groups is 1. The third-order valence-electron chi connectivity index (χ3n) is 5.25. The third kappa shape index (κ3) is 3.44. The fourth-order valence-corrected chi connectivity index (χ4v) is 4.62. The van der Waals surface area contributed by atoms with Gasteiger partial charge in [-0.15, -0.1) is 0 Å². The number of benzene rings is 3. The fourth-order valence-electron chi connectivity index (χ4n) is 3.56. The molecule has 1 aromatic heterocycles. The number of azo groups is 1. The number of hydrogen-bond acceptors (Lipinski definition) is 5. The Morgan fingerprint density at radius 3 is 2.47 bits per heavy atom. The van der Waals surface area contributed by atoms with Crippen LogP contribution in [-0.4, -0.2) is 26.8 Å². The standard InChI is InChI=1S/C24H20N4OS/c1-24(16-30-23-25-20-9-5-6-10-21(20)28(23)22(24)29)27-26-19-13-11-18(12-14-19)15-17-7-3-2-4-8-17/h2-14H,15-16H2,1H3. The molecule has 5 nitrogen and oxygen atoms in total. The molecule has 0 bridgehead atoms. The summed E-state index contributed by atoms with van der Waals surface area (Å²) in [4.78, 5) is 17.8. The van der Waals surface area contributed by atoms with E-state index in [4.69, 9.17) is 0 Å². The zero-order chi connectivity index (χ0) is 20.6. The van der Waals surface area contributed by atoms with Crippen LogP contribution in [0, 0.1) is 0 Å². The first kappa shape index (κ1) is 18.8. The van der Waals surface area contributed by atoms with Crippen LogP contribution >= 0.6 is 11.8 Å². The van der Waals surface area contributed by atoms with Crippen LogP contribution in [0.1, 0.15) is 22.8 Å². The van der Waals surface area contributed by atoms with Crippen molar-refractivity contribution in [2.75, 3.05) is 5.75 Å². The van der Waals surface area contributed by atoms with Gasteiger partial charge in [0.2, 0.25) is 0 Å². The maximum Gasteiger partial charge on any atom is 0.263 e. The molecule has 0 fully saturated rings. The summed E-state index contributed by atoms with van der Waals surface area (Å²) < 4.78 is 1.67. The summed E-state index contributed by atoms with van der Waals surface area (Å²) in [6.45, 7) is 1.84. The van der Waals surface area contributed by atoms with Crippen molar-refractivity contribution in [1.29, 1.82) is 0 Å². The second kappa shape index (κ2) is 7.54. The van der Waals surface area contributed by atoms with Crippen molar-refractivity contribution in [3.05, 3.63) is 90.0 Å². The van der Waals surface area contributed by atoms with Gasteiger partial charge in [0.15, 0.2) is 10.7 Å². The number of rotatable bonds is 4. The van der Waals surface area contributed by atoms with Crippen molar-refractivity contribution in [3.63, 3.8) is 0 Å². The minimum Gasteiger partial charge on any atom is -0.271 e. The van der Waals surface area contributed by atoms with Gasteiger partial charge in [-0.25, -0.2) is 4.98 Å². The molecule has 148 valence electrons. The van der Waals surface area contributed by atoms with Crippen LogP contribution in [0.5, 0.6) is 0 Å². The predicted molar refractivity (Wildman–Crippen MR) is 120 cm³/mol. The van der Waals surface area contributed by atoms with Gasteiger partial charge in [0.05, 0.1) is 16.7 Å². The molecule has 0 saturated heterocycles. The molecular weight excluding hydrogens is 392 g/mol. The molecule has 0 aliphatic carbocycles. The third-order valence-corrected chi connectivity index (χ3v) is 6.49. The zero-order valence-electron chi connectivity index (χ0n) is 16.5. The number of para-hydroxylation sites is 2. The molecule has 0 spiro atoms. The summed E-state index contributed by atoms with van der Waals surface area (Å²) in [5, 5.41) is 9.59. The fraction of sp³-hybridized carbons (Fsp3) is 0.167. The second-order valence-electron chi connectivity index (χ2n) is 7.62. The van der Waals surface area contributed by atoms with E-state index in [1.165, 1.54) is 11.1 Å². The number of carbonyl (C=O) groups excluding carboxylic acids is 1. The lowest BCUT2D eigenvalue weighted by molar-refractivity contribution is 0.0816. The largest absolute Gasteiger partial charge is 0.271 e. The number of thioether (sulfide) groups is 1. The minimum atomic E-state index is -0.927. The molecule has 0 radical (unpaired) electrons. The molecule has 6 heteroatoms. The van der Waals surface area contributed by atoms with Crippen molar-refractivity contribution in [1.82, 2.24) is 9.55 Å². The lowest BCUT2D eigenvalue weighted by Crippen LogP contribution is -2.42. The molecule has 5 rings (SSSR count). The first-order valence-electron chi connectivity index (χ1n) is 9.83. The SMILES string of the molecule is CC1(N=Nc2ccc(Cc3ccccc3)cc2)CSc2nc3ccccc3n2C1=O. The average Bonchev–Trinajstić information content (AvgIpc) is 3.16. The maximum atomic E-state index is 13.2. The minimum absolute atomic E-state index is 0.0885. The summed E-state index contributed by atoms with van der Waals surface area (Å²) in [6.07, 6.45) is 0.877. The van der Waals surface area contributed by atoms with E-state index in [1.54, 1.807) is 16.3 Å². The van der Waals surface area contributed by atoms with E-state index in [2.05, 4.69) is 39.5 Å². The van der Waals surface area contributed by atoms with Crippen LogP contribution in [0.3, 0.4) is 0 Å². The summed E-state index contributed by atoms with van der Waals surface area (Å²) >= 11 is 1.54. The first-order chi connectivity index (χ1) is 14.6. The summed E-state index contributed by atoms with van der Waals surface area (Å²) in [7, 11) is 0. The van der Waals surface area contributed by atoms with Gasteiger partial charge in [-0.3, -0.25) is 9.36 Å². The normalized spacial score (nSPS) is 18.8. The summed E-state index contributed by atoms with van der Waals surface area (Å²) in [5.74, 6) is 0.430. The smallest absolute Gasteiger partial charge is 0.263 e. The summed E-state index contributed by atoms with van der Waals surface area (Å²) in [5.41, 5.74) is 3.94. The van der Waals surface area contributed by atoms with Crippen molar-refractivity contribution in [3.8, 4) is 0 Å². The van der Waals surface area contributed by atoms with E-state index in [-0.39, 0.29) is 5.91 Å². The number of hydrogen-bond donors (Lipinski definition) is 0. The Morgan fingerprint density at radius 1 is 0.967 bits per heavy atom. The van der Waals surface area contributed by atoms with E-state index in [0.717, 1.165) is 28.3 Å². The number of fused-ring (bicyclic) bond motifs is 3. The molecular formula is C24H20N4OS. The molecule has 0 N–H and O–H groups in total. The van der Waals surface area contributed by atoms with Crippen LogP contribution in [-0.2, 0) is 6.42 Å². The number of aromatic nitrogens is 2. The van der Waals surface area contributed by atoms with Gasteiger partial charge >= 0.3 is 0 Å². The van der Waals surface area contributed by atoms with E-state index >= 15 is 0 Å². The lowest BCUT2D eigenvalue weighted by Gasteiger charge is -2.27. The van der Waals surface area contributed by atoms with Crippen molar-refractivity contribution in [2.24, 2.45) is 10.2 Å². The second-order valence-corrected chi connectivity index (χ2v) is 8.56. The molecule has 1 atom stereocenters.